The molecule has 0 saturated carbocycles. The molecular formula is C22H24Cl3NO8S. The van der Waals surface area contributed by atoms with E-state index >= 15 is 0 Å². The van der Waals surface area contributed by atoms with E-state index in [4.69, 9.17) is 44.3 Å². The lowest BCUT2D eigenvalue weighted by atomic mass is 10.3. The molecule has 0 aliphatic carbocycles. The molecule has 0 aliphatic heterocycles. The first-order valence-electron chi connectivity index (χ1n) is 10.2. The van der Waals surface area contributed by atoms with Gasteiger partial charge in [-0.25, -0.2) is 8.42 Å². The molecule has 2 aromatic rings. The molecule has 0 spiro atoms. The van der Waals surface area contributed by atoms with Crippen molar-refractivity contribution in [1.29, 1.82) is 0 Å². The van der Waals surface area contributed by atoms with Crippen LogP contribution >= 0.6 is 34.8 Å². The van der Waals surface area contributed by atoms with Crippen LogP contribution in [0.5, 0.6) is 11.5 Å². The fourth-order valence-corrected chi connectivity index (χ4v) is 4.97. The molecule has 0 saturated heterocycles. The Hall–Kier alpha value is -2.08. The Morgan fingerprint density at radius 3 is 1.91 bits per heavy atom. The highest BCUT2D eigenvalue weighted by molar-refractivity contribution is 7.91. The Balaban J connectivity index is 2.11. The van der Waals surface area contributed by atoms with Crippen LogP contribution in [0.1, 0.15) is 13.8 Å². The number of hydrogen-bond acceptors (Lipinski definition) is 8. The Morgan fingerprint density at radius 2 is 1.43 bits per heavy atom. The average molecular weight is 569 g/mol. The normalized spacial score (nSPS) is 13.1. The van der Waals surface area contributed by atoms with Crippen LogP contribution in [0, 0.1) is 0 Å². The zero-order valence-electron chi connectivity index (χ0n) is 18.8. The van der Waals surface area contributed by atoms with Crippen LogP contribution < -0.4 is 9.47 Å². The summed E-state index contributed by atoms with van der Waals surface area (Å²) in [5.74, 6) is -0.780. The number of benzene rings is 2. The molecule has 9 nitrogen and oxygen atoms in total. The summed E-state index contributed by atoms with van der Waals surface area (Å²) >= 11 is 17.8. The van der Waals surface area contributed by atoms with Gasteiger partial charge in [-0.3, -0.25) is 14.5 Å². The summed E-state index contributed by atoms with van der Waals surface area (Å²) in [4.78, 5) is 23.5. The molecule has 2 amide bonds. The van der Waals surface area contributed by atoms with Crippen LogP contribution in [0.25, 0.3) is 0 Å². The predicted molar refractivity (Wildman–Crippen MR) is 130 cm³/mol. The number of carbonyl (C=O) groups excluding carboxylic acids is 2. The van der Waals surface area contributed by atoms with Crippen LogP contribution in [0.4, 0.5) is 0 Å². The molecule has 2 rings (SSSR count). The van der Waals surface area contributed by atoms with E-state index in [9.17, 15) is 28.2 Å². The van der Waals surface area contributed by atoms with Crippen LogP contribution in [-0.4, -0.2) is 73.2 Å². The summed E-state index contributed by atoms with van der Waals surface area (Å²) in [5, 5.41) is 19.4. The van der Waals surface area contributed by atoms with Gasteiger partial charge in [0.05, 0.1) is 32.3 Å². The van der Waals surface area contributed by atoms with Gasteiger partial charge in [-0.1, -0.05) is 23.2 Å². The number of rotatable bonds is 11. The van der Waals surface area contributed by atoms with Crippen molar-refractivity contribution in [2.45, 2.75) is 35.8 Å². The van der Waals surface area contributed by atoms with Crippen molar-refractivity contribution in [2.75, 3.05) is 25.6 Å². The molecule has 35 heavy (non-hydrogen) atoms. The van der Waals surface area contributed by atoms with E-state index in [1.807, 2.05) is 0 Å². The first-order valence-corrected chi connectivity index (χ1v) is 12.9. The zero-order chi connectivity index (χ0) is 26.3. The molecule has 0 fully saturated rings. The minimum atomic E-state index is -4.00. The number of ether oxygens (including phenoxy) is 2. The number of aliphatic hydroxyl groups is 2. The minimum absolute atomic E-state index is 0.0202. The van der Waals surface area contributed by atoms with E-state index < -0.39 is 33.9 Å². The van der Waals surface area contributed by atoms with Gasteiger partial charge in [0.2, 0.25) is 21.7 Å². The van der Waals surface area contributed by atoms with E-state index in [1.165, 1.54) is 50.2 Å². The van der Waals surface area contributed by atoms with Gasteiger partial charge in [-0.15, -0.1) is 11.6 Å². The van der Waals surface area contributed by atoms with Gasteiger partial charge in [0, 0.05) is 13.8 Å². The van der Waals surface area contributed by atoms with E-state index in [-0.39, 0.29) is 57.0 Å². The smallest absolute Gasteiger partial charge is 0.226 e. The van der Waals surface area contributed by atoms with Gasteiger partial charge in [0.1, 0.15) is 31.2 Å². The maximum atomic E-state index is 13.0. The molecule has 2 atom stereocenters. The molecule has 2 unspecified atom stereocenters. The van der Waals surface area contributed by atoms with Crippen LogP contribution in [0.3, 0.4) is 0 Å². The summed E-state index contributed by atoms with van der Waals surface area (Å²) in [5.41, 5.74) is 0. The minimum Gasteiger partial charge on any atom is -0.491 e. The molecule has 192 valence electrons. The maximum Gasteiger partial charge on any atom is 0.226 e. The predicted octanol–water partition coefficient (Wildman–Crippen LogP) is 2.94. The average Bonchev–Trinajstić information content (AvgIpc) is 2.80. The first kappa shape index (κ1) is 29.2. The third-order valence-electron chi connectivity index (χ3n) is 4.61. The third-order valence-corrected chi connectivity index (χ3v) is 7.28. The highest BCUT2D eigenvalue weighted by atomic mass is 35.5. The lowest BCUT2D eigenvalue weighted by molar-refractivity contribution is -0.144. The molecule has 0 radical (unpaired) electrons. The summed E-state index contributed by atoms with van der Waals surface area (Å²) in [7, 11) is -4.00. The second kappa shape index (κ2) is 12.8. The number of aliphatic hydroxyl groups excluding tert-OH is 2. The Morgan fingerprint density at radius 1 is 0.914 bits per heavy atom. The quantitative estimate of drug-likeness (QED) is 0.396. The second-order valence-corrected chi connectivity index (χ2v) is 10.5. The van der Waals surface area contributed by atoms with Gasteiger partial charge < -0.3 is 19.7 Å². The first-order chi connectivity index (χ1) is 16.4. The number of halogens is 3. The molecule has 0 aromatic heterocycles. The maximum absolute atomic E-state index is 13.0. The standard InChI is InChI=1S/C22H24Cl3NO8S/c1-13(27)26(14(2)28)10-16(30)12-33-17-3-5-18(6-4-17)35(31,32)19-7-20(24)22(21(25)8-19)34-11-15(29)9-23/h3-8,15-16,29-30H,9-12H2,1-2H3. The lowest BCUT2D eigenvalue weighted by Crippen LogP contribution is -2.41. The van der Waals surface area contributed by atoms with Crippen molar-refractivity contribution in [2.24, 2.45) is 0 Å². The summed E-state index contributed by atoms with van der Waals surface area (Å²) in [6, 6.07) is 7.75. The Kier molecular flexibility index (Phi) is 10.6. The van der Waals surface area contributed by atoms with E-state index in [0.29, 0.717) is 0 Å². The molecule has 13 heteroatoms. The lowest BCUT2D eigenvalue weighted by Gasteiger charge is -2.21. The molecule has 2 N–H and O–H groups in total. The second-order valence-electron chi connectivity index (χ2n) is 7.42. The van der Waals surface area contributed by atoms with Gasteiger partial charge in [-0.2, -0.15) is 0 Å². The molecular weight excluding hydrogens is 545 g/mol. The summed E-state index contributed by atoms with van der Waals surface area (Å²) in [6.45, 7) is 1.78. The Bertz CT molecular complexity index is 1120. The van der Waals surface area contributed by atoms with Crippen LogP contribution in [-0.2, 0) is 19.4 Å². The number of hydrogen-bond donors (Lipinski definition) is 2. The number of amides is 2. The van der Waals surface area contributed by atoms with Crippen molar-refractivity contribution in [3.8, 4) is 11.5 Å². The monoisotopic (exact) mass is 567 g/mol. The van der Waals surface area contributed by atoms with Gasteiger partial charge in [-0.05, 0) is 36.4 Å². The highest BCUT2D eigenvalue weighted by Crippen LogP contribution is 2.37. The number of carbonyl (C=O) groups is 2. The van der Waals surface area contributed by atoms with Crippen molar-refractivity contribution >= 4 is 56.5 Å². The van der Waals surface area contributed by atoms with E-state index in [1.54, 1.807) is 0 Å². The molecule has 0 bridgehead atoms. The number of imide groups is 1. The van der Waals surface area contributed by atoms with Crippen molar-refractivity contribution in [3.05, 3.63) is 46.4 Å². The zero-order valence-corrected chi connectivity index (χ0v) is 21.9. The fraction of sp³-hybridized carbons (Fsp3) is 0.364. The molecule has 2 aromatic carbocycles. The summed E-state index contributed by atoms with van der Waals surface area (Å²) < 4.78 is 36.8. The van der Waals surface area contributed by atoms with Crippen LogP contribution in [0.2, 0.25) is 10.0 Å². The number of nitrogens with zero attached hydrogens (tertiary/aromatic N) is 1. The topological polar surface area (TPSA) is 130 Å². The highest BCUT2D eigenvalue weighted by Gasteiger charge is 2.23. The SMILES string of the molecule is CC(=O)N(CC(O)COc1ccc(S(=O)(=O)c2cc(Cl)c(OCC(O)CCl)c(Cl)c2)cc1)C(C)=O. The number of alkyl halides is 1. The Labute approximate surface area is 218 Å². The fourth-order valence-electron chi connectivity index (χ4n) is 2.84. The number of sulfone groups is 1. The van der Waals surface area contributed by atoms with Crippen molar-refractivity contribution in [1.82, 2.24) is 4.90 Å². The summed E-state index contributed by atoms with van der Waals surface area (Å²) in [6.07, 6.45) is -2.09. The van der Waals surface area contributed by atoms with Gasteiger partial charge in [0.25, 0.3) is 0 Å². The third kappa shape index (κ3) is 7.96. The largest absolute Gasteiger partial charge is 0.491 e. The van der Waals surface area contributed by atoms with Gasteiger partial charge in [0.15, 0.2) is 5.75 Å². The van der Waals surface area contributed by atoms with Crippen LogP contribution in [0.15, 0.2) is 46.2 Å². The molecule has 0 heterocycles. The van der Waals surface area contributed by atoms with Crippen molar-refractivity contribution < 1.29 is 37.7 Å². The van der Waals surface area contributed by atoms with Gasteiger partial charge >= 0.3 is 0 Å². The van der Waals surface area contributed by atoms with Crippen molar-refractivity contribution in [3.63, 3.8) is 0 Å². The van der Waals surface area contributed by atoms with E-state index in [2.05, 4.69) is 0 Å². The van der Waals surface area contributed by atoms with E-state index in [0.717, 1.165) is 4.90 Å². The molecule has 0 aliphatic rings.